The highest BCUT2D eigenvalue weighted by Crippen LogP contribution is 2.60. The summed E-state index contributed by atoms with van der Waals surface area (Å²) < 4.78 is 0. The molecular weight excluding hydrogens is 336 g/mol. The van der Waals surface area contributed by atoms with Gasteiger partial charge in [-0.15, -0.1) is 0 Å². The van der Waals surface area contributed by atoms with Crippen molar-refractivity contribution in [2.24, 2.45) is 34.5 Å². The van der Waals surface area contributed by atoms with Crippen LogP contribution in [0.4, 0.5) is 0 Å². The van der Waals surface area contributed by atoms with Crippen molar-refractivity contribution in [1.29, 1.82) is 0 Å². The SMILES string of the molecule is CC(C)[C@H](CC[C@H](C)[C@@]1(C)CC[C@@H](C=O)C1(C)C)CC(C)(C)[Si](C)(C)O. The van der Waals surface area contributed by atoms with Crippen LogP contribution in [0.25, 0.3) is 0 Å². The molecule has 154 valence electrons. The van der Waals surface area contributed by atoms with Gasteiger partial charge in [-0.3, -0.25) is 0 Å². The Kier molecular flexibility index (Phi) is 7.41. The van der Waals surface area contributed by atoms with Crippen LogP contribution < -0.4 is 0 Å². The number of carbonyl (C=O) groups is 1. The minimum atomic E-state index is -2.17. The third-order valence-corrected chi connectivity index (χ3v) is 12.5. The topological polar surface area (TPSA) is 37.3 Å². The fourth-order valence-corrected chi connectivity index (χ4v) is 5.80. The predicted molar refractivity (Wildman–Crippen MR) is 116 cm³/mol. The van der Waals surface area contributed by atoms with Crippen molar-refractivity contribution in [2.75, 3.05) is 0 Å². The monoisotopic (exact) mass is 382 g/mol. The van der Waals surface area contributed by atoms with E-state index in [1.165, 1.54) is 25.5 Å². The van der Waals surface area contributed by atoms with Crippen LogP contribution in [0.2, 0.25) is 18.1 Å². The lowest BCUT2D eigenvalue weighted by molar-refractivity contribution is -0.115. The van der Waals surface area contributed by atoms with E-state index in [4.69, 9.17) is 0 Å². The van der Waals surface area contributed by atoms with Crippen LogP contribution in [0.15, 0.2) is 0 Å². The van der Waals surface area contributed by atoms with Gasteiger partial charge in [-0.05, 0) is 78.8 Å². The maximum atomic E-state index is 11.5. The molecule has 0 amide bonds. The van der Waals surface area contributed by atoms with Crippen LogP contribution in [0.1, 0.15) is 87.5 Å². The van der Waals surface area contributed by atoms with Crippen LogP contribution in [0.3, 0.4) is 0 Å². The van der Waals surface area contributed by atoms with Gasteiger partial charge in [-0.2, -0.15) is 0 Å². The Hall–Kier alpha value is -0.153. The minimum Gasteiger partial charge on any atom is -0.432 e. The minimum absolute atomic E-state index is 0.0460. The number of carbonyl (C=O) groups excluding carboxylic acids is 1. The van der Waals surface area contributed by atoms with Gasteiger partial charge in [0.25, 0.3) is 0 Å². The molecule has 0 aromatic carbocycles. The fraction of sp³-hybridized carbons (Fsp3) is 0.957. The Morgan fingerprint density at radius 2 is 1.69 bits per heavy atom. The van der Waals surface area contributed by atoms with Gasteiger partial charge in [0.15, 0.2) is 8.32 Å². The first-order chi connectivity index (χ1) is 11.6. The van der Waals surface area contributed by atoms with E-state index in [9.17, 15) is 9.59 Å². The van der Waals surface area contributed by atoms with Crippen molar-refractivity contribution in [3.05, 3.63) is 0 Å². The molecular formula is C23H46O2Si. The Morgan fingerprint density at radius 3 is 2.08 bits per heavy atom. The summed E-state index contributed by atoms with van der Waals surface area (Å²) in [7, 11) is -2.17. The highest BCUT2D eigenvalue weighted by atomic mass is 28.4. The lowest BCUT2D eigenvalue weighted by atomic mass is 9.59. The highest BCUT2D eigenvalue weighted by Gasteiger charge is 2.53. The first kappa shape index (κ1) is 23.9. The first-order valence-electron chi connectivity index (χ1n) is 10.8. The molecule has 1 fully saturated rings. The molecule has 0 aromatic heterocycles. The van der Waals surface area contributed by atoms with Crippen molar-refractivity contribution in [3.8, 4) is 0 Å². The molecule has 1 N–H and O–H groups in total. The molecule has 0 aliphatic heterocycles. The lowest BCUT2D eigenvalue weighted by Gasteiger charge is -2.46. The second-order valence-electron chi connectivity index (χ2n) is 11.5. The molecule has 1 aliphatic carbocycles. The van der Waals surface area contributed by atoms with E-state index in [1.807, 2.05) is 0 Å². The van der Waals surface area contributed by atoms with E-state index in [-0.39, 0.29) is 21.8 Å². The van der Waals surface area contributed by atoms with Crippen molar-refractivity contribution < 1.29 is 9.59 Å². The van der Waals surface area contributed by atoms with Crippen molar-refractivity contribution >= 4 is 14.6 Å². The number of rotatable bonds is 9. The Morgan fingerprint density at radius 1 is 1.15 bits per heavy atom. The highest BCUT2D eigenvalue weighted by molar-refractivity contribution is 6.72. The van der Waals surface area contributed by atoms with E-state index in [2.05, 4.69) is 68.5 Å². The van der Waals surface area contributed by atoms with Gasteiger partial charge in [0.05, 0.1) is 0 Å². The third kappa shape index (κ3) is 4.63. The standard InChI is InChI=1S/C23H46O2Si/c1-17(2)19(15-21(4,5)26(9,10)25)12-11-18(3)23(8)14-13-20(16-24)22(23,6)7/h16-20,25H,11-15H2,1-10H3/t18-,19+,20-,23+/m0/s1. The Labute approximate surface area is 164 Å². The van der Waals surface area contributed by atoms with E-state index < -0.39 is 8.32 Å². The van der Waals surface area contributed by atoms with Crippen LogP contribution >= 0.6 is 0 Å². The molecule has 1 saturated carbocycles. The summed E-state index contributed by atoms with van der Waals surface area (Å²) in [5, 5.41) is 0.0460. The lowest BCUT2D eigenvalue weighted by Crippen LogP contribution is -2.41. The maximum absolute atomic E-state index is 11.5. The summed E-state index contributed by atoms with van der Waals surface area (Å²) >= 11 is 0. The van der Waals surface area contributed by atoms with Gasteiger partial charge in [-0.25, -0.2) is 0 Å². The molecule has 0 aromatic rings. The molecule has 2 nitrogen and oxygen atoms in total. The Bertz CT molecular complexity index is 475. The van der Waals surface area contributed by atoms with Crippen molar-refractivity contribution in [1.82, 2.24) is 0 Å². The summed E-state index contributed by atoms with van der Waals surface area (Å²) in [5.74, 6) is 2.12. The second-order valence-corrected chi connectivity index (χ2v) is 16.0. The number of aldehydes is 1. The van der Waals surface area contributed by atoms with Crippen molar-refractivity contribution in [2.45, 2.75) is 106 Å². The molecule has 4 atom stereocenters. The third-order valence-electron chi connectivity index (χ3n) is 8.97. The molecule has 3 heteroatoms. The summed E-state index contributed by atoms with van der Waals surface area (Å²) in [6.07, 6.45) is 6.97. The molecule has 26 heavy (non-hydrogen) atoms. The predicted octanol–water partition coefficient (Wildman–Crippen LogP) is 6.68. The normalized spacial score (nSPS) is 29.0. The summed E-state index contributed by atoms with van der Waals surface area (Å²) in [6.45, 7) is 22.8. The number of hydrogen-bond acceptors (Lipinski definition) is 2. The van der Waals surface area contributed by atoms with Gasteiger partial charge in [0.1, 0.15) is 6.29 Å². The molecule has 1 aliphatic rings. The van der Waals surface area contributed by atoms with Crippen LogP contribution in [0, 0.1) is 34.5 Å². The summed E-state index contributed by atoms with van der Waals surface area (Å²) in [6, 6.07) is 0. The van der Waals surface area contributed by atoms with Crippen LogP contribution in [-0.2, 0) is 4.79 Å². The van der Waals surface area contributed by atoms with Gasteiger partial charge in [0.2, 0.25) is 0 Å². The second kappa shape index (κ2) is 8.07. The van der Waals surface area contributed by atoms with Gasteiger partial charge in [-0.1, -0.05) is 55.4 Å². The molecule has 0 heterocycles. The van der Waals surface area contributed by atoms with Crippen molar-refractivity contribution in [3.63, 3.8) is 0 Å². The molecule has 0 saturated heterocycles. The summed E-state index contributed by atoms with van der Waals surface area (Å²) in [4.78, 5) is 22.2. The number of hydrogen-bond donors (Lipinski definition) is 1. The van der Waals surface area contributed by atoms with E-state index in [0.29, 0.717) is 17.8 Å². The zero-order valence-electron chi connectivity index (χ0n) is 19.3. The molecule has 0 bridgehead atoms. The van der Waals surface area contributed by atoms with Crippen LogP contribution in [-0.4, -0.2) is 19.4 Å². The average molecular weight is 383 g/mol. The first-order valence-corrected chi connectivity index (χ1v) is 13.7. The Balaban J connectivity index is 2.83. The summed E-state index contributed by atoms with van der Waals surface area (Å²) in [5.41, 5.74) is 0.321. The maximum Gasteiger partial charge on any atom is 0.188 e. The molecule has 0 unspecified atom stereocenters. The van der Waals surface area contributed by atoms with Gasteiger partial charge >= 0.3 is 0 Å². The quantitative estimate of drug-likeness (QED) is 0.356. The van der Waals surface area contributed by atoms with E-state index >= 15 is 0 Å². The average Bonchev–Trinajstić information content (AvgIpc) is 2.72. The zero-order chi connectivity index (χ0) is 20.6. The zero-order valence-corrected chi connectivity index (χ0v) is 20.3. The largest absolute Gasteiger partial charge is 0.432 e. The molecule has 0 radical (unpaired) electrons. The molecule has 0 spiro atoms. The molecule has 1 rings (SSSR count). The van der Waals surface area contributed by atoms with Crippen LogP contribution in [0.5, 0.6) is 0 Å². The van der Waals surface area contributed by atoms with Gasteiger partial charge < -0.3 is 9.59 Å². The van der Waals surface area contributed by atoms with E-state index in [1.54, 1.807) is 0 Å². The van der Waals surface area contributed by atoms with Gasteiger partial charge in [0, 0.05) is 5.92 Å². The fourth-order valence-electron chi connectivity index (χ4n) is 5.04. The smallest absolute Gasteiger partial charge is 0.188 e. The van der Waals surface area contributed by atoms with E-state index in [0.717, 1.165) is 12.8 Å².